The maximum absolute atomic E-state index is 12.4. The average Bonchev–Trinajstić information content (AvgIpc) is 2.82. The van der Waals surface area contributed by atoms with Crippen molar-refractivity contribution in [1.82, 2.24) is 4.90 Å². The van der Waals surface area contributed by atoms with Crippen molar-refractivity contribution in [3.8, 4) is 0 Å². The van der Waals surface area contributed by atoms with E-state index in [1.54, 1.807) is 0 Å². The van der Waals surface area contributed by atoms with E-state index >= 15 is 0 Å². The van der Waals surface area contributed by atoms with Gasteiger partial charge in [0.25, 0.3) is 0 Å². The number of benzene rings is 1. The van der Waals surface area contributed by atoms with Crippen LogP contribution >= 0.6 is 0 Å². The zero-order chi connectivity index (χ0) is 13.0. The first-order valence-electron chi connectivity index (χ1n) is 6.80. The van der Waals surface area contributed by atoms with Gasteiger partial charge >= 0.3 is 0 Å². The highest BCUT2D eigenvalue weighted by molar-refractivity contribution is 5.79. The standard InChI is InChI=1S/C15H22N2O/c1-2-17(11-12-7-4-3-5-8-12)15(18)13-9-6-10-14(13)16/h3-5,7-8,13-14H,2,6,9-11,16H2,1H3. The number of carbonyl (C=O) groups excluding carboxylic acids is 1. The minimum absolute atomic E-state index is 0.0358. The number of nitrogens with zero attached hydrogens (tertiary/aromatic N) is 1. The second-order valence-corrected chi connectivity index (χ2v) is 5.04. The van der Waals surface area contributed by atoms with Crippen LogP contribution in [0.3, 0.4) is 0 Å². The fourth-order valence-electron chi connectivity index (χ4n) is 2.68. The Morgan fingerprint density at radius 1 is 1.33 bits per heavy atom. The number of amides is 1. The molecule has 1 saturated carbocycles. The number of hydrogen-bond donors (Lipinski definition) is 1. The summed E-state index contributed by atoms with van der Waals surface area (Å²) >= 11 is 0. The summed E-state index contributed by atoms with van der Waals surface area (Å²) in [5.41, 5.74) is 7.20. The molecule has 18 heavy (non-hydrogen) atoms. The lowest BCUT2D eigenvalue weighted by Crippen LogP contribution is -2.41. The molecular formula is C15H22N2O. The third kappa shape index (κ3) is 2.91. The molecule has 3 heteroatoms. The van der Waals surface area contributed by atoms with Gasteiger partial charge in [0.2, 0.25) is 5.91 Å². The summed E-state index contributed by atoms with van der Waals surface area (Å²) in [6.45, 7) is 3.47. The van der Waals surface area contributed by atoms with Crippen molar-refractivity contribution < 1.29 is 4.79 Å². The van der Waals surface area contributed by atoms with Gasteiger partial charge in [-0.05, 0) is 25.3 Å². The molecule has 2 N–H and O–H groups in total. The van der Waals surface area contributed by atoms with Gasteiger partial charge in [-0.15, -0.1) is 0 Å². The molecule has 0 radical (unpaired) electrons. The van der Waals surface area contributed by atoms with Crippen LogP contribution in [0.15, 0.2) is 30.3 Å². The van der Waals surface area contributed by atoms with Crippen molar-refractivity contribution in [2.45, 2.75) is 38.8 Å². The lowest BCUT2D eigenvalue weighted by atomic mass is 10.0. The van der Waals surface area contributed by atoms with Gasteiger partial charge in [0, 0.05) is 19.1 Å². The molecule has 2 unspecified atom stereocenters. The highest BCUT2D eigenvalue weighted by Crippen LogP contribution is 2.26. The molecule has 1 fully saturated rings. The van der Waals surface area contributed by atoms with E-state index in [-0.39, 0.29) is 17.9 Å². The van der Waals surface area contributed by atoms with Crippen molar-refractivity contribution in [2.24, 2.45) is 11.7 Å². The first-order chi connectivity index (χ1) is 8.72. The summed E-state index contributed by atoms with van der Waals surface area (Å²) in [5, 5.41) is 0. The van der Waals surface area contributed by atoms with Gasteiger partial charge < -0.3 is 10.6 Å². The maximum Gasteiger partial charge on any atom is 0.227 e. The van der Waals surface area contributed by atoms with Crippen molar-refractivity contribution in [2.75, 3.05) is 6.54 Å². The molecule has 0 aromatic heterocycles. The smallest absolute Gasteiger partial charge is 0.227 e. The van der Waals surface area contributed by atoms with Gasteiger partial charge in [-0.2, -0.15) is 0 Å². The Balaban J connectivity index is 2.02. The predicted octanol–water partition coefficient (Wildman–Crippen LogP) is 2.16. The van der Waals surface area contributed by atoms with Gasteiger partial charge in [-0.3, -0.25) is 4.79 Å². The van der Waals surface area contributed by atoms with Crippen LogP contribution in [0.25, 0.3) is 0 Å². The fourth-order valence-corrected chi connectivity index (χ4v) is 2.68. The van der Waals surface area contributed by atoms with E-state index < -0.39 is 0 Å². The number of carbonyl (C=O) groups is 1. The number of hydrogen-bond acceptors (Lipinski definition) is 2. The van der Waals surface area contributed by atoms with E-state index in [4.69, 9.17) is 5.73 Å². The molecule has 0 spiro atoms. The topological polar surface area (TPSA) is 46.3 Å². The average molecular weight is 246 g/mol. The van der Waals surface area contributed by atoms with Crippen LogP contribution in [-0.2, 0) is 11.3 Å². The summed E-state index contributed by atoms with van der Waals surface area (Å²) < 4.78 is 0. The Kier molecular flexibility index (Phi) is 4.37. The number of nitrogens with two attached hydrogens (primary N) is 1. The number of rotatable bonds is 4. The van der Waals surface area contributed by atoms with Crippen LogP contribution in [0.4, 0.5) is 0 Å². The predicted molar refractivity (Wildman–Crippen MR) is 72.8 cm³/mol. The Morgan fingerprint density at radius 3 is 2.61 bits per heavy atom. The Morgan fingerprint density at radius 2 is 2.06 bits per heavy atom. The second kappa shape index (κ2) is 6.01. The first kappa shape index (κ1) is 13.1. The van der Waals surface area contributed by atoms with Gasteiger partial charge in [-0.1, -0.05) is 36.8 Å². The molecule has 1 amide bonds. The summed E-state index contributed by atoms with van der Waals surface area (Å²) in [6, 6.07) is 10.2. The van der Waals surface area contributed by atoms with Crippen LogP contribution in [0.2, 0.25) is 0 Å². The van der Waals surface area contributed by atoms with Crippen molar-refractivity contribution in [3.05, 3.63) is 35.9 Å². The Bertz CT molecular complexity index is 391. The zero-order valence-electron chi connectivity index (χ0n) is 11.0. The quantitative estimate of drug-likeness (QED) is 0.885. The van der Waals surface area contributed by atoms with Gasteiger partial charge in [0.1, 0.15) is 0 Å². The third-order valence-corrected chi connectivity index (χ3v) is 3.80. The Labute approximate surface area is 109 Å². The molecule has 0 aliphatic heterocycles. The highest BCUT2D eigenvalue weighted by Gasteiger charge is 2.32. The van der Waals surface area contributed by atoms with Crippen LogP contribution in [0.5, 0.6) is 0 Å². The second-order valence-electron chi connectivity index (χ2n) is 5.04. The van der Waals surface area contributed by atoms with E-state index in [1.807, 2.05) is 30.0 Å². The van der Waals surface area contributed by atoms with Crippen LogP contribution in [0, 0.1) is 5.92 Å². The van der Waals surface area contributed by atoms with E-state index in [0.29, 0.717) is 6.54 Å². The summed E-state index contributed by atoms with van der Waals surface area (Å²) in [5.74, 6) is 0.264. The van der Waals surface area contributed by atoms with Gasteiger partial charge in [-0.25, -0.2) is 0 Å². The minimum atomic E-state index is 0.0358. The molecule has 3 nitrogen and oxygen atoms in total. The largest absolute Gasteiger partial charge is 0.338 e. The van der Waals surface area contributed by atoms with Crippen molar-refractivity contribution >= 4 is 5.91 Å². The van der Waals surface area contributed by atoms with Crippen LogP contribution in [-0.4, -0.2) is 23.4 Å². The highest BCUT2D eigenvalue weighted by atomic mass is 16.2. The molecule has 98 valence electrons. The summed E-state index contributed by atoms with van der Waals surface area (Å²) in [6.07, 6.45) is 3.02. The van der Waals surface area contributed by atoms with E-state index in [0.717, 1.165) is 25.8 Å². The minimum Gasteiger partial charge on any atom is -0.338 e. The molecular weight excluding hydrogens is 224 g/mol. The normalized spacial score (nSPS) is 23.0. The van der Waals surface area contributed by atoms with E-state index in [2.05, 4.69) is 12.1 Å². The Hall–Kier alpha value is -1.35. The zero-order valence-corrected chi connectivity index (χ0v) is 11.0. The maximum atomic E-state index is 12.4. The van der Waals surface area contributed by atoms with Crippen LogP contribution < -0.4 is 5.73 Å². The van der Waals surface area contributed by atoms with Crippen molar-refractivity contribution in [3.63, 3.8) is 0 Å². The lowest BCUT2D eigenvalue weighted by Gasteiger charge is -2.26. The molecule has 1 aromatic carbocycles. The molecule has 2 atom stereocenters. The lowest BCUT2D eigenvalue weighted by molar-refractivity contribution is -0.136. The molecule has 1 aliphatic carbocycles. The first-order valence-corrected chi connectivity index (χ1v) is 6.80. The molecule has 0 bridgehead atoms. The monoisotopic (exact) mass is 246 g/mol. The van der Waals surface area contributed by atoms with E-state index in [1.165, 1.54) is 5.56 Å². The molecule has 0 heterocycles. The van der Waals surface area contributed by atoms with Crippen molar-refractivity contribution in [1.29, 1.82) is 0 Å². The SMILES string of the molecule is CCN(Cc1ccccc1)C(=O)C1CCCC1N. The third-order valence-electron chi connectivity index (χ3n) is 3.80. The molecule has 1 aliphatic rings. The van der Waals surface area contributed by atoms with Gasteiger partial charge in [0.05, 0.1) is 5.92 Å². The fraction of sp³-hybridized carbons (Fsp3) is 0.533. The molecule has 0 saturated heterocycles. The summed E-state index contributed by atoms with van der Waals surface area (Å²) in [7, 11) is 0. The van der Waals surface area contributed by atoms with E-state index in [9.17, 15) is 4.79 Å². The molecule has 1 aromatic rings. The molecule has 2 rings (SSSR count). The summed E-state index contributed by atoms with van der Waals surface area (Å²) in [4.78, 5) is 14.4. The van der Waals surface area contributed by atoms with Gasteiger partial charge in [0.15, 0.2) is 0 Å². The van der Waals surface area contributed by atoms with Crippen LogP contribution in [0.1, 0.15) is 31.7 Å².